The Balaban J connectivity index is 2.29. The first-order valence-electron chi connectivity index (χ1n) is 4.88. The Labute approximate surface area is 121 Å². The fourth-order valence-corrected chi connectivity index (χ4v) is 2.11. The topological polar surface area (TPSA) is 70.3 Å². The van der Waals surface area contributed by atoms with Crippen LogP contribution in [-0.2, 0) is 0 Å². The van der Waals surface area contributed by atoms with Crippen molar-refractivity contribution in [3.8, 4) is 17.5 Å². The predicted molar refractivity (Wildman–Crippen MR) is 74.9 cm³/mol. The van der Waals surface area contributed by atoms with E-state index in [1.807, 2.05) is 0 Å². The van der Waals surface area contributed by atoms with E-state index in [1.165, 1.54) is 12.4 Å². The van der Waals surface area contributed by atoms with Gasteiger partial charge in [0.15, 0.2) is 0 Å². The zero-order valence-electron chi connectivity index (χ0n) is 9.35. The van der Waals surface area contributed by atoms with Crippen molar-refractivity contribution in [1.82, 2.24) is 9.97 Å². The molecule has 2 aromatic rings. The van der Waals surface area contributed by atoms with Gasteiger partial charge < -0.3 is 15.2 Å². The van der Waals surface area contributed by atoms with E-state index < -0.39 is 0 Å². The van der Waals surface area contributed by atoms with Crippen molar-refractivity contribution < 1.29 is 9.47 Å². The van der Waals surface area contributed by atoms with Crippen LogP contribution in [0.25, 0.3) is 0 Å². The summed E-state index contributed by atoms with van der Waals surface area (Å²) < 4.78 is 12.2. The lowest BCUT2D eigenvalue weighted by atomic mass is 10.3. The predicted octanol–water partition coefficient (Wildman–Crippen LogP) is 3.38. The number of anilines is 1. The van der Waals surface area contributed by atoms with Crippen LogP contribution in [-0.4, -0.2) is 17.1 Å². The first kappa shape index (κ1) is 13.1. The molecule has 0 saturated carbocycles. The summed E-state index contributed by atoms with van der Waals surface area (Å²) in [6, 6.07) is 3.78. The summed E-state index contributed by atoms with van der Waals surface area (Å²) in [5, 5.41) is 0. The van der Waals surface area contributed by atoms with Crippen molar-refractivity contribution in [2.75, 3.05) is 12.8 Å². The number of hydrogen-bond donors (Lipinski definition) is 1. The van der Waals surface area contributed by atoms with Crippen LogP contribution in [0.5, 0.6) is 17.5 Å². The summed E-state index contributed by atoms with van der Waals surface area (Å²) in [6.45, 7) is 0. The Hall–Kier alpha value is -1.34. The van der Waals surface area contributed by atoms with E-state index in [0.29, 0.717) is 17.2 Å². The quantitative estimate of drug-likeness (QED) is 0.891. The number of nitrogen functional groups attached to an aromatic ring is 1. The average molecular weight is 375 g/mol. The summed E-state index contributed by atoms with van der Waals surface area (Å²) >= 11 is 6.77. The van der Waals surface area contributed by atoms with E-state index in [9.17, 15) is 0 Å². The minimum atomic E-state index is 0.224. The van der Waals surface area contributed by atoms with Crippen molar-refractivity contribution in [3.63, 3.8) is 0 Å². The molecular weight excluding hydrogens is 366 g/mol. The number of rotatable bonds is 3. The maximum absolute atomic E-state index is 5.53. The molecule has 0 atom stereocenters. The fourth-order valence-electron chi connectivity index (χ4n) is 1.22. The Morgan fingerprint density at radius 2 is 1.61 bits per heavy atom. The van der Waals surface area contributed by atoms with Gasteiger partial charge in [0, 0.05) is 6.07 Å². The highest BCUT2D eigenvalue weighted by atomic mass is 79.9. The second-order valence-corrected chi connectivity index (χ2v) is 5.03. The molecule has 1 aromatic heterocycles. The molecule has 0 aliphatic heterocycles. The third-order valence-corrected chi connectivity index (χ3v) is 3.30. The molecule has 0 aliphatic carbocycles. The van der Waals surface area contributed by atoms with E-state index in [4.69, 9.17) is 15.2 Å². The molecule has 0 radical (unpaired) electrons. The van der Waals surface area contributed by atoms with Crippen LogP contribution >= 0.6 is 31.9 Å². The molecule has 1 heterocycles. The molecule has 0 fully saturated rings. The van der Waals surface area contributed by atoms with Gasteiger partial charge in [-0.15, -0.1) is 0 Å². The van der Waals surface area contributed by atoms with Crippen LogP contribution in [0.3, 0.4) is 0 Å². The summed E-state index contributed by atoms with van der Waals surface area (Å²) in [4.78, 5) is 7.92. The van der Waals surface area contributed by atoms with Crippen molar-refractivity contribution >= 4 is 37.5 Å². The van der Waals surface area contributed by atoms with Crippen molar-refractivity contribution in [2.24, 2.45) is 0 Å². The third kappa shape index (κ3) is 2.91. The largest absolute Gasteiger partial charge is 0.496 e. The van der Waals surface area contributed by atoms with Gasteiger partial charge in [-0.25, -0.2) is 9.97 Å². The highest BCUT2D eigenvalue weighted by molar-refractivity contribution is 9.11. The smallest absolute Gasteiger partial charge is 0.322 e. The molecule has 94 valence electrons. The average Bonchev–Trinajstić information content (AvgIpc) is 2.36. The number of nitrogens with two attached hydrogens (primary N) is 1. The van der Waals surface area contributed by atoms with Crippen LogP contribution in [0.4, 0.5) is 5.69 Å². The van der Waals surface area contributed by atoms with Crippen molar-refractivity contribution in [2.45, 2.75) is 0 Å². The maximum Gasteiger partial charge on any atom is 0.322 e. The van der Waals surface area contributed by atoms with Gasteiger partial charge in [0.05, 0.1) is 34.1 Å². The van der Waals surface area contributed by atoms with Gasteiger partial charge >= 0.3 is 6.01 Å². The zero-order chi connectivity index (χ0) is 13.1. The van der Waals surface area contributed by atoms with E-state index >= 15 is 0 Å². The van der Waals surface area contributed by atoms with Crippen LogP contribution in [0, 0.1) is 0 Å². The molecule has 2 N–H and O–H groups in total. The Morgan fingerprint density at radius 3 is 2.22 bits per heavy atom. The lowest BCUT2D eigenvalue weighted by Crippen LogP contribution is -1.95. The maximum atomic E-state index is 5.53. The molecule has 1 aromatic carbocycles. The van der Waals surface area contributed by atoms with Crippen LogP contribution in [0.1, 0.15) is 0 Å². The molecule has 5 nitrogen and oxygen atoms in total. The Bertz CT molecular complexity index is 561. The number of nitrogens with zero attached hydrogens (tertiary/aromatic N) is 2. The van der Waals surface area contributed by atoms with Gasteiger partial charge in [0.2, 0.25) is 0 Å². The van der Waals surface area contributed by atoms with Gasteiger partial charge in [-0.2, -0.15) is 0 Å². The van der Waals surface area contributed by atoms with Gasteiger partial charge in [-0.1, -0.05) is 0 Å². The highest BCUT2D eigenvalue weighted by Gasteiger charge is 2.10. The second-order valence-electron chi connectivity index (χ2n) is 3.32. The lowest BCUT2D eigenvalue weighted by molar-refractivity contribution is 0.406. The van der Waals surface area contributed by atoms with Gasteiger partial charge in [-0.3, -0.25) is 0 Å². The molecule has 2 rings (SSSR count). The number of ether oxygens (including phenoxy) is 2. The van der Waals surface area contributed by atoms with Crippen LogP contribution < -0.4 is 15.2 Å². The molecule has 0 unspecified atom stereocenters. The van der Waals surface area contributed by atoms with E-state index in [1.54, 1.807) is 19.2 Å². The minimum Gasteiger partial charge on any atom is -0.496 e. The summed E-state index contributed by atoms with van der Waals surface area (Å²) in [6.07, 6.45) is 2.96. The number of benzene rings is 1. The SMILES string of the molecule is COc1cc(Br)c(Oc2ncc(N)cn2)cc1Br. The highest BCUT2D eigenvalue weighted by Crippen LogP contribution is 2.37. The first-order chi connectivity index (χ1) is 8.60. The molecule has 0 aliphatic rings. The zero-order valence-corrected chi connectivity index (χ0v) is 12.5. The van der Waals surface area contributed by atoms with Crippen molar-refractivity contribution in [3.05, 3.63) is 33.5 Å². The summed E-state index contributed by atoms with van der Waals surface area (Å²) in [5.41, 5.74) is 5.98. The lowest BCUT2D eigenvalue weighted by Gasteiger charge is -2.09. The Kier molecular flexibility index (Phi) is 4.03. The summed E-state index contributed by atoms with van der Waals surface area (Å²) in [7, 11) is 1.59. The number of halogens is 2. The molecule has 0 spiro atoms. The van der Waals surface area contributed by atoms with E-state index in [-0.39, 0.29) is 6.01 Å². The molecule has 0 bridgehead atoms. The number of aromatic nitrogens is 2. The monoisotopic (exact) mass is 373 g/mol. The normalized spacial score (nSPS) is 10.2. The van der Waals surface area contributed by atoms with E-state index in [0.717, 1.165) is 8.95 Å². The third-order valence-electron chi connectivity index (χ3n) is 2.06. The van der Waals surface area contributed by atoms with Gasteiger partial charge in [-0.05, 0) is 37.9 Å². The van der Waals surface area contributed by atoms with Crippen molar-refractivity contribution in [1.29, 1.82) is 0 Å². The number of methoxy groups -OCH3 is 1. The van der Waals surface area contributed by atoms with Crippen LogP contribution in [0.15, 0.2) is 33.5 Å². The molecule has 0 amide bonds. The Morgan fingerprint density at radius 1 is 1.06 bits per heavy atom. The van der Waals surface area contributed by atoms with Crippen LogP contribution in [0.2, 0.25) is 0 Å². The molecule has 7 heteroatoms. The second kappa shape index (κ2) is 5.53. The molecule has 18 heavy (non-hydrogen) atoms. The van der Waals surface area contributed by atoms with E-state index in [2.05, 4.69) is 41.8 Å². The standard InChI is InChI=1S/C11H9Br2N3O2/c1-17-9-2-8(13)10(3-7(9)12)18-11-15-4-6(14)5-16-11/h2-5H,14H2,1H3. The molecule has 0 saturated heterocycles. The van der Waals surface area contributed by atoms with Gasteiger partial charge in [0.1, 0.15) is 11.5 Å². The number of hydrogen-bond acceptors (Lipinski definition) is 5. The first-order valence-corrected chi connectivity index (χ1v) is 6.47. The summed E-state index contributed by atoms with van der Waals surface area (Å²) in [5.74, 6) is 1.28. The fraction of sp³-hybridized carbons (Fsp3) is 0.0909. The minimum absolute atomic E-state index is 0.224. The van der Waals surface area contributed by atoms with Gasteiger partial charge in [0.25, 0.3) is 0 Å². The molecular formula is C11H9Br2N3O2.